The highest BCUT2D eigenvalue weighted by atomic mass is 79.9. The van der Waals surface area contributed by atoms with Crippen molar-refractivity contribution in [3.63, 3.8) is 0 Å². The van der Waals surface area contributed by atoms with Crippen molar-refractivity contribution in [3.05, 3.63) is 28.4 Å². The van der Waals surface area contributed by atoms with Crippen LogP contribution in [0.15, 0.2) is 22.7 Å². The summed E-state index contributed by atoms with van der Waals surface area (Å²) in [5.74, 6) is -0.395. The number of aryl methyl sites for hydroxylation is 1. The lowest BCUT2D eigenvalue weighted by molar-refractivity contribution is 0.0595. The molecule has 0 bridgehead atoms. The molecule has 2 aromatic rings. The van der Waals surface area contributed by atoms with Gasteiger partial charge >= 0.3 is 5.97 Å². The minimum Gasteiger partial charge on any atom is -0.464 e. The summed E-state index contributed by atoms with van der Waals surface area (Å²) in [5, 5.41) is 5.19. The van der Waals surface area contributed by atoms with Crippen molar-refractivity contribution in [2.75, 3.05) is 7.11 Å². The zero-order valence-corrected chi connectivity index (χ0v) is 12.0. The highest BCUT2D eigenvalue weighted by Gasteiger charge is 2.17. The summed E-state index contributed by atoms with van der Waals surface area (Å²) in [6.07, 6.45) is 2.12. The SMILES string of the molecule is CCCCn1nc(C(=O)OC)c2cc(Br)ccc21. The third-order valence-electron chi connectivity index (χ3n) is 2.81. The molecule has 4 nitrogen and oxygen atoms in total. The molecule has 0 atom stereocenters. The van der Waals surface area contributed by atoms with Crippen molar-refractivity contribution in [2.24, 2.45) is 0 Å². The lowest BCUT2D eigenvalue weighted by atomic mass is 10.2. The van der Waals surface area contributed by atoms with E-state index in [1.807, 2.05) is 22.9 Å². The van der Waals surface area contributed by atoms with Crippen molar-refractivity contribution in [2.45, 2.75) is 26.3 Å². The normalized spacial score (nSPS) is 10.8. The summed E-state index contributed by atoms with van der Waals surface area (Å²) >= 11 is 3.41. The number of hydrogen-bond donors (Lipinski definition) is 0. The van der Waals surface area contributed by atoms with Crippen molar-refractivity contribution in [3.8, 4) is 0 Å². The van der Waals surface area contributed by atoms with Crippen molar-refractivity contribution >= 4 is 32.8 Å². The van der Waals surface area contributed by atoms with E-state index in [-0.39, 0.29) is 0 Å². The van der Waals surface area contributed by atoms with E-state index in [1.165, 1.54) is 7.11 Å². The quantitative estimate of drug-likeness (QED) is 0.813. The highest BCUT2D eigenvalue weighted by Crippen LogP contribution is 2.24. The molecule has 96 valence electrons. The molecule has 0 unspecified atom stereocenters. The fourth-order valence-electron chi connectivity index (χ4n) is 1.88. The molecule has 0 spiro atoms. The predicted molar refractivity (Wildman–Crippen MR) is 73.7 cm³/mol. The molecule has 1 aromatic carbocycles. The summed E-state index contributed by atoms with van der Waals surface area (Å²) in [5.41, 5.74) is 1.34. The van der Waals surface area contributed by atoms with Crippen LogP contribution in [-0.4, -0.2) is 22.9 Å². The average molecular weight is 311 g/mol. The van der Waals surface area contributed by atoms with Gasteiger partial charge in [-0.15, -0.1) is 0 Å². The fraction of sp³-hybridized carbons (Fsp3) is 0.385. The van der Waals surface area contributed by atoms with Crippen LogP contribution < -0.4 is 0 Å². The lowest BCUT2D eigenvalue weighted by Gasteiger charge is -2.01. The minimum atomic E-state index is -0.395. The number of benzene rings is 1. The molecule has 0 aliphatic heterocycles. The molecule has 0 aliphatic carbocycles. The Hall–Kier alpha value is -1.36. The van der Waals surface area contributed by atoms with Crippen molar-refractivity contribution in [1.29, 1.82) is 0 Å². The molecule has 0 saturated heterocycles. The van der Waals surface area contributed by atoms with Gasteiger partial charge in [0.15, 0.2) is 5.69 Å². The van der Waals surface area contributed by atoms with Gasteiger partial charge in [0.2, 0.25) is 0 Å². The number of ether oxygens (including phenoxy) is 1. The Labute approximate surface area is 114 Å². The van der Waals surface area contributed by atoms with Gasteiger partial charge in [-0.05, 0) is 24.6 Å². The number of nitrogens with zero attached hydrogens (tertiary/aromatic N) is 2. The van der Waals surface area contributed by atoms with Gasteiger partial charge in [-0.3, -0.25) is 4.68 Å². The van der Waals surface area contributed by atoms with E-state index in [1.54, 1.807) is 0 Å². The zero-order chi connectivity index (χ0) is 13.1. The van der Waals surface area contributed by atoms with Crippen molar-refractivity contribution in [1.82, 2.24) is 9.78 Å². The van der Waals surface area contributed by atoms with Gasteiger partial charge in [0, 0.05) is 16.4 Å². The standard InChI is InChI=1S/C13H15BrN2O2/c1-3-4-7-16-11-6-5-9(14)8-10(11)12(15-16)13(17)18-2/h5-6,8H,3-4,7H2,1-2H3. The van der Waals surface area contributed by atoms with Crippen LogP contribution in [0.2, 0.25) is 0 Å². The number of aromatic nitrogens is 2. The molecule has 0 fully saturated rings. The molecule has 0 N–H and O–H groups in total. The second-order valence-electron chi connectivity index (χ2n) is 4.08. The molecular weight excluding hydrogens is 296 g/mol. The number of halogens is 1. The van der Waals surface area contributed by atoms with Crippen LogP contribution >= 0.6 is 15.9 Å². The Morgan fingerprint density at radius 2 is 2.28 bits per heavy atom. The van der Waals surface area contributed by atoms with Gasteiger partial charge in [0.05, 0.1) is 12.6 Å². The average Bonchev–Trinajstić information content (AvgIpc) is 2.73. The van der Waals surface area contributed by atoms with Gasteiger partial charge in [-0.2, -0.15) is 5.10 Å². The second kappa shape index (κ2) is 5.52. The third-order valence-corrected chi connectivity index (χ3v) is 3.31. The lowest BCUT2D eigenvalue weighted by Crippen LogP contribution is -2.05. The predicted octanol–water partition coefficient (Wildman–Crippen LogP) is 3.39. The first kappa shape index (κ1) is 13.1. The van der Waals surface area contributed by atoms with Crippen LogP contribution in [-0.2, 0) is 11.3 Å². The number of carbonyl (C=O) groups is 1. The van der Waals surface area contributed by atoms with Crippen LogP contribution in [0.1, 0.15) is 30.3 Å². The Bertz CT molecular complexity index is 578. The molecule has 2 rings (SSSR count). The van der Waals surface area contributed by atoms with Gasteiger partial charge in [0.25, 0.3) is 0 Å². The molecule has 0 radical (unpaired) electrons. The number of carbonyl (C=O) groups excluding carboxylic acids is 1. The van der Waals surface area contributed by atoms with E-state index in [0.29, 0.717) is 5.69 Å². The first-order chi connectivity index (χ1) is 8.67. The fourth-order valence-corrected chi connectivity index (χ4v) is 2.24. The monoisotopic (exact) mass is 310 g/mol. The Morgan fingerprint density at radius 3 is 2.94 bits per heavy atom. The summed E-state index contributed by atoms with van der Waals surface area (Å²) in [7, 11) is 1.37. The van der Waals surface area contributed by atoms with Crippen LogP contribution in [0.25, 0.3) is 10.9 Å². The van der Waals surface area contributed by atoms with E-state index < -0.39 is 5.97 Å². The van der Waals surface area contributed by atoms with E-state index in [9.17, 15) is 4.79 Å². The van der Waals surface area contributed by atoms with E-state index >= 15 is 0 Å². The molecule has 0 aliphatic rings. The van der Waals surface area contributed by atoms with Crippen LogP contribution in [0.5, 0.6) is 0 Å². The number of rotatable bonds is 4. The third kappa shape index (κ3) is 2.41. The molecule has 1 aromatic heterocycles. The molecule has 5 heteroatoms. The molecule has 0 amide bonds. The highest BCUT2D eigenvalue weighted by molar-refractivity contribution is 9.10. The van der Waals surface area contributed by atoms with Crippen LogP contribution in [0.3, 0.4) is 0 Å². The molecule has 1 heterocycles. The first-order valence-electron chi connectivity index (χ1n) is 5.91. The summed E-state index contributed by atoms with van der Waals surface area (Å²) in [6, 6.07) is 5.82. The summed E-state index contributed by atoms with van der Waals surface area (Å²) in [4.78, 5) is 11.7. The summed E-state index contributed by atoms with van der Waals surface area (Å²) < 4.78 is 7.57. The molecule has 18 heavy (non-hydrogen) atoms. The summed E-state index contributed by atoms with van der Waals surface area (Å²) in [6.45, 7) is 2.94. The van der Waals surface area contributed by atoms with Crippen LogP contribution in [0, 0.1) is 0 Å². The van der Waals surface area contributed by atoms with Gasteiger partial charge < -0.3 is 4.74 Å². The maximum absolute atomic E-state index is 11.7. The van der Waals surface area contributed by atoms with E-state index in [4.69, 9.17) is 4.74 Å². The minimum absolute atomic E-state index is 0.380. The van der Waals surface area contributed by atoms with Gasteiger partial charge in [-0.25, -0.2) is 4.79 Å². The number of methoxy groups -OCH3 is 1. The van der Waals surface area contributed by atoms with Crippen LogP contribution in [0.4, 0.5) is 0 Å². The largest absolute Gasteiger partial charge is 0.464 e. The number of fused-ring (bicyclic) bond motifs is 1. The Morgan fingerprint density at radius 1 is 1.50 bits per heavy atom. The second-order valence-corrected chi connectivity index (χ2v) is 4.99. The smallest absolute Gasteiger partial charge is 0.359 e. The Kier molecular flexibility index (Phi) is 4.01. The Balaban J connectivity index is 2.56. The topological polar surface area (TPSA) is 44.1 Å². The van der Waals surface area contributed by atoms with Crippen molar-refractivity contribution < 1.29 is 9.53 Å². The van der Waals surface area contributed by atoms with E-state index in [0.717, 1.165) is 34.8 Å². The molecule has 0 saturated carbocycles. The molecular formula is C13H15BrN2O2. The number of hydrogen-bond acceptors (Lipinski definition) is 3. The number of unbranched alkanes of at least 4 members (excludes halogenated alkanes) is 1. The first-order valence-corrected chi connectivity index (χ1v) is 6.71. The van der Waals surface area contributed by atoms with E-state index in [2.05, 4.69) is 28.0 Å². The zero-order valence-electron chi connectivity index (χ0n) is 10.4. The maximum Gasteiger partial charge on any atom is 0.359 e. The maximum atomic E-state index is 11.7. The van der Waals surface area contributed by atoms with Gasteiger partial charge in [-0.1, -0.05) is 29.3 Å². The van der Waals surface area contributed by atoms with Gasteiger partial charge in [0.1, 0.15) is 0 Å². The number of esters is 1.